The Balaban J connectivity index is 2.41. The summed E-state index contributed by atoms with van der Waals surface area (Å²) in [6.07, 6.45) is 0.143. The second-order valence-corrected chi connectivity index (χ2v) is 2.86. The average molecular weight is 167 g/mol. The van der Waals surface area contributed by atoms with Crippen LogP contribution >= 0.6 is 0 Å². The molecule has 0 aliphatic heterocycles. The summed E-state index contributed by atoms with van der Waals surface area (Å²) in [4.78, 5) is 0. The fourth-order valence-corrected chi connectivity index (χ4v) is 1.15. The topological polar surface area (TPSA) is 26.0 Å². The van der Waals surface area contributed by atoms with Crippen LogP contribution < -0.4 is 5.73 Å². The van der Waals surface area contributed by atoms with Crippen LogP contribution in [0.4, 0.5) is 4.39 Å². The number of alkyl halides is 1. The zero-order chi connectivity index (χ0) is 8.81. The lowest BCUT2D eigenvalue weighted by atomic mass is 10.1. The number of halogens is 1. The number of hydrogen-bond acceptors (Lipinski definition) is 1. The van der Waals surface area contributed by atoms with Gasteiger partial charge in [0.1, 0.15) is 6.17 Å². The molecule has 0 aromatic heterocycles. The van der Waals surface area contributed by atoms with E-state index >= 15 is 0 Å². The highest BCUT2D eigenvalue weighted by atomic mass is 19.1. The summed E-state index contributed by atoms with van der Waals surface area (Å²) in [5, 5.41) is 0. The molecule has 0 amide bonds. The second-order valence-electron chi connectivity index (χ2n) is 2.86. The molecule has 12 heavy (non-hydrogen) atoms. The minimum absolute atomic E-state index is 0.425. The standard InChI is InChI=1S/C10H14FN/c11-10(6-7-12)8-9-4-2-1-3-5-9/h1-5,10H,6-8,12H2. The molecular weight excluding hydrogens is 153 g/mol. The third-order valence-electron chi connectivity index (χ3n) is 1.78. The Morgan fingerprint density at radius 1 is 1.25 bits per heavy atom. The Bertz CT molecular complexity index is 210. The second kappa shape index (κ2) is 4.88. The van der Waals surface area contributed by atoms with Crippen molar-refractivity contribution in [3.05, 3.63) is 35.9 Å². The SMILES string of the molecule is NCCC(F)Cc1ccccc1. The van der Waals surface area contributed by atoms with Gasteiger partial charge in [0.2, 0.25) is 0 Å². The summed E-state index contributed by atoms with van der Waals surface area (Å²) in [7, 11) is 0. The molecule has 1 nitrogen and oxygen atoms in total. The number of hydrogen-bond donors (Lipinski definition) is 1. The van der Waals surface area contributed by atoms with Crippen LogP contribution in [0.3, 0.4) is 0 Å². The Morgan fingerprint density at radius 3 is 2.50 bits per heavy atom. The molecule has 0 fully saturated rings. The van der Waals surface area contributed by atoms with Gasteiger partial charge in [-0.3, -0.25) is 0 Å². The van der Waals surface area contributed by atoms with Gasteiger partial charge >= 0.3 is 0 Å². The van der Waals surface area contributed by atoms with Crippen molar-refractivity contribution in [2.24, 2.45) is 5.73 Å². The first kappa shape index (κ1) is 9.20. The molecule has 1 aromatic carbocycles. The predicted octanol–water partition coefficient (Wildman–Crippen LogP) is 1.92. The third-order valence-corrected chi connectivity index (χ3v) is 1.78. The van der Waals surface area contributed by atoms with Crippen molar-refractivity contribution in [1.29, 1.82) is 0 Å². The van der Waals surface area contributed by atoms with Crippen LogP contribution in [0.2, 0.25) is 0 Å². The van der Waals surface area contributed by atoms with Crippen molar-refractivity contribution >= 4 is 0 Å². The highest BCUT2D eigenvalue weighted by Crippen LogP contribution is 2.07. The van der Waals surface area contributed by atoms with Crippen LogP contribution in [0.15, 0.2) is 30.3 Å². The summed E-state index contributed by atoms with van der Waals surface area (Å²) < 4.78 is 13.0. The molecule has 0 heterocycles. The molecule has 1 aromatic rings. The molecule has 0 bridgehead atoms. The molecule has 0 radical (unpaired) electrons. The van der Waals surface area contributed by atoms with Crippen LogP contribution in [-0.4, -0.2) is 12.7 Å². The van der Waals surface area contributed by atoms with Crippen LogP contribution in [0.5, 0.6) is 0 Å². The van der Waals surface area contributed by atoms with E-state index in [2.05, 4.69) is 0 Å². The van der Waals surface area contributed by atoms with E-state index in [1.165, 1.54) is 0 Å². The van der Waals surface area contributed by atoms with E-state index in [9.17, 15) is 4.39 Å². The van der Waals surface area contributed by atoms with Crippen LogP contribution in [0, 0.1) is 0 Å². The fourth-order valence-electron chi connectivity index (χ4n) is 1.15. The Labute approximate surface area is 72.4 Å². The molecule has 2 N–H and O–H groups in total. The van der Waals surface area contributed by atoms with E-state index in [-0.39, 0.29) is 0 Å². The lowest BCUT2D eigenvalue weighted by molar-refractivity contribution is 0.316. The van der Waals surface area contributed by atoms with E-state index in [0.717, 1.165) is 5.56 Å². The quantitative estimate of drug-likeness (QED) is 0.728. The first-order valence-corrected chi connectivity index (χ1v) is 4.21. The van der Waals surface area contributed by atoms with Crippen LogP contribution in [-0.2, 0) is 6.42 Å². The van der Waals surface area contributed by atoms with Crippen LogP contribution in [0.1, 0.15) is 12.0 Å². The van der Waals surface area contributed by atoms with Crippen molar-refractivity contribution in [2.45, 2.75) is 19.0 Å². The van der Waals surface area contributed by atoms with Crippen molar-refractivity contribution in [2.75, 3.05) is 6.54 Å². The van der Waals surface area contributed by atoms with Gasteiger partial charge in [0, 0.05) is 6.42 Å². The number of nitrogens with two attached hydrogens (primary N) is 1. The highest BCUT2D eigenvalue weighted by molar-refractivity contribution is 5.15. The lowest BCUT2D eigenvalue weighted by Gasteiger charge is -2.05. The van der Waals surface area contributed by atoms with Crippen molar-refractivity contribution in [3.63, 3.8) is 0 Å². The summed E-state index contributed by atoms with van der Waals surface area (Å²) in [5.74, 6) is 0. The number of benzene rings is 1. The summed E-state index contributed by atoms with van der Waals surface area (Å²) >= 11 is 0. The third kappa shape index (κ3) is 3.01. The van der Waals surface area contributed by atoms with E-state index in [4.69, 9.17) is 5.73 Å². The van der Waals surface area contributed by atoms with Gasteiger partial charge in [-0.25, -0.2) is 4.39 Å². The first-order valence-electron chi connectivity index (χ1n) is 4.21. The van der Waals surface area contributed by atoms with Gasteiger partial charge in [0.25, 0.3) is 0 Å². The average Bonchev–Trinajstić information content (AvgIpc) is 2.06. The fraction of sp³-hybridized carbons (Fsp3) is 0.400. The maximum Gasteiger partial charge on any atom is 0.105 e. The monoisotopic (exact) mass is 167 g/mol. The summed E-state index contributed by atoms with van der Waals surface area (Å²) in [5.41, 5.74) is 6.28. The molecular formula is C10H14FN. The smallest absolute Gasteiger partial charge is 0.105 e. The minimum atomic E-state index is -0.794. The molecule has 0 aliphatic rings. The first-order chi connectivity index (χ1) is 5.83. The van der Waals surface area contributed by atoms with Crippen molar-refractivity contribution in [1.82, 2.24) is 0 Å². The molecule has 0 saturated carbocycles. The molecule has 0 saturated heterocycles. The maximum absolute atomic E-state index is 13.0. The van der Waals surface area contributed by atoms with Crippen molar-refractivity contribution < 1.29 is 4.39 Å². The minimum Gasteiger partial charge on any atom is -0.330 e. The van der Waals surface area contributed by atoms with E-state index < -0.39 is 6.17 Å². The highest BCUT2D eigenvalue weighted by Gasteiger charge is 2.05. The molecule has 1 atom stereocenters. The van der Waals surface area contributed by atoms with Crippen LogP contribution in [0.25, 0.3) is 0 Å². The van der Waals surface area contributed by atoms with Gasteiger partial charge in [0.15, 0.2) is 0 Å². The largest absolute Gasteiger partial charge is 0.330 e. The van der Waals surface area contributed by atoms with E-state index in [1.54, 1.807) is 0 Å². The Hall–Kier alpha value is -0.890. The van der Waals surface area contributed by atoms with Gasteiger partial charge in [-0.2, -0.15) is 0 Å². The summed E-state index contributed by atoms with van der Waals surface area (Å²) in [6.45, 7) is 0.425. The van der Waals surface area contributed by atoms with Crippen molar-refractivity contribution in [3.8, 4) is 0 Å². The Kier molecular flexibility index (Phi) is 3.74. The van der Waals surface area contributed by atoms with E-state index in [1.807, 2.05) is 30.3 Å². The van der Waals surface area contributed by atoms with Gasteiger partial charge in [-0.1, -0.05) is 30.3 Å². The zero-order valence-corrected chi connectivity index (χ0v) is 7.04. The Morgan fingerprint density at radius 2 is 1.92 bits per heavy atom. The van der Waals surface area contributed by atoms with Gasteiger partial charge in [-0.15, -0.1) is 0 Å². The number of rotatable bonds is 4. The van der Waals surface area contributed by atoms with Gasteiger partial charge in [0.05, 0.1) is 0 Å². The van der Waals surface area contributed by atoms with Gasteiger partial charge in [-0.05, 0) is 18.5 Å². The molecule has 1 rings (SSSR count). The molecule has 66 valence electrons. The lowest BCUT2D eigenvalue weighted by Crippen LogP contribution is -2.11. The van der Waals surface area contributed by atoms with Gasteiger partial charge < -0.3 is 5.73 Å². The molecule has 1 unspecified atom stereocenters. The predicted molar refractivity (Wildman–Crippen MR) is 48.7 cm³/mol. The molecule has 0 spiro atoms. The summed E-state index contributed by atoms with van der Waals surface area (Å²) in [6, 6.07) is 9.64. The maximum atomic E-state index is 13.0. The normalized spacial score (nSPS) is 12.8. The molecule has 0 aliphatic carbocycles. The molecule has 2 heteroatoms. The van der Waals surface area contributed by atoms with E-state index in [0.29, 0.717) is 19.4 Å². The zero-order valence-electron chi connectivity index (χ0n) is 7.04.